The number of carbonyl (C=O) groups excluding carboxylic acids is 1. The maximum atomic E-state index is 12.6. The largest absolute Gasteiger partial charge is 0.389 e. The third-order valence-electron chi connectivity index (χ3n) is 4.94. The van der Waals surface area contributed by atoms with Gasteiger partial charge in [-0.3, -0.25) is 14.9 Å². The molecular weight excluding hydrogens is 356 g/mol. The normalized spacial score (nSPS) is 19.4. The molecule has 1 fully saturated rings. The molecule has 0 spiro atoms. The third-order valence-corrected chi connectivity index (χ3v) is 4.94. The first-order valence-corrected chi connectivity index (χ1v) is 9.22. The van der Waals surface area contributed by atoms with Crippen LogP contribution in [-0.4, -0.2) is 56.4 Å². The minimum absolute atomic E-state index is 0.275. The monoisotopic (exact) mass is 378 g/mol. The van der Waals surface area contributed by atoms with Gasteiger partial charge in [-0.15, -0.1) is 0 Å². The maximum absolute atomic E-state index is 12.6. The number of hydrogen-bond acceptors (Lipinski definition) is 6. The van der Waals surface area contributed by atoms with E-state index in [2.05, 4.69) is 25.5 Å². The van der Waals surface area contributed by atoms with Gasteiger partial charge in [-0.05, 0) is 19.4 Å². The smallest absolute Gasteiger partial charge is 0.269 e. The number of nitrogens with one attached hydrogen (secondary N) is 2. The van der Waals surface area contributed by atoms with Crippen LogP contribution in [0.4, 0.5) is 5.82 Å². The number of aromatic nitrogens is 4. The van der Waals surface area contributed by atoms with Crippen molar-refractivity contribution in [2.75, 3.05) is 18.0 Å². The van der Waals surface area contributed by atoms with Crippen LogP contribution < -0.4 is 10.2 Å². The highest BCUT2D eigenvalue weighted by atomic mass is 16.3. The first-order valence-electron chi connectivity index (χ1n) is 9.22. The van der Waals surface area contributed by atoms with E-state index >= 15 is 0 Å². The molecule has 0 bridgehead atoms. The fraction of sp³-hybridized carbons (Fsp3) is 0.300. The quantitative estimate of drug-likeness (QED) is 0.636. The lowest BCUT2D eigenvalue weighted by Gasteiger charge is -2.36. The van der Waals surface area contributed by atoms with Gasteiger partial charge in [0.25, 0.3) is 5.91 Å². The Labute approximate surface area is 162 Å². The highest BCUT2D eigenvalue weighted by Gasteiger charge is 2.30. The fourth-order valence-electron chi connectivity index (χ4n) is 3.32. The molecule has 8 nitrogen and oxygen atoms in total. The molecule has 3 aromatic rings. The number of anilines is 1. The van der Waals surface area contributed by atoms with Crippen molar-refractivity contribution in [3.63, 3.8) is 0 Å². The second kappa shape index (κ2) is 7.77. The molecule has 1 saturated heterocycles. The minimum atomic E-state index is -0.695. The van der Waals surface area contributed by atoms with Crippen LogP contribution in [-0.2, 0) is 0 Å². The van der Waals surface area contributed by atoms with E-state index in [9.17, 15) is 9.90 Å². The number of amides is 1. The van der Waals surface area contributed by atoms with Gasteiger partial charge >= 0.3 is 0 Å². The van der Waals surface area contributed by atoms with Crippen molar-refractivity contribution in [1.29, 1.82) is 0 Å². The van der Waals surface area contributed by atoms with E-state index in [1.165, 1.54) is 5.56 Å². The molecule has 1 aromatic carbocycles. The van der Waals surface area contributed by atoms with E-state index in [1.807, 2.05) is 36.1 Å². The van der Waals surface area contributed by atoms with Crippen LogP contribution in [0.5, 0.6) is 0 Å². The topological polar surface area (TPSA) is 107 Å². The van der Waals surface area contributed by atoms with Crippen molar-refractivity contribution in [2.45, 2.75) is 25.5 Å². The molecule has 0 radical (unpaired) electrons. The van der Waals surface area contributed by atoms with Crippen LogP contribution >= 0.6 is 0 Å². The number of aryl methyl sites for hydroxylation is 1. The molecule has 1 amide bonds. The number of nitrogens with zero attached hydrogens (tertiary/aromatic N) is 4. The predicted molar refractivity (Wildman–Crippen MR) is 105 cm³/mol. The number of piperidine rings is 1. The van der Waals surface area contributed by atoms with E-state index in [1.54, 1.807) is 24.7 Å². The molecule has 1 aliphatic rings. The highest BCUT2D eigenvalue weighted by Crippen LogP contribution is 2.20. The van der Waals surface area contributed by atoms with E-state index in [0.29, 0.717) is 30.9 Å². The molecule has 3 N–H and O–H groups in total. The lowest BCUT2D eigenvalue weighted by Crippen LogP contribution is -2.54. The average Bonchev–Trinajstić information content (AvgIpc) is 3.21. The molecule has 1 aliphatic heterocycles. The van der Waals surface area contributed by atoms with Crippen LogP contribution in [0.15, 0.2) is 48.9 Å². The zero-order chi connectivity index (χ0) is 19.5. The standard InChI is InChI=1S/C20H22N6O2/c1-13-2-4-14(5-3-13)16-10-17(25-24-16)20(28)23-15-6-9-26(12-18(15)27)19-11-21-7-8-22-19/h2-5,7-8,10-11,15,18,27H,6,9,12H2,1H3,(H,23,28)(H,24,25)/t15-,18-/m1/s1. The van der Waals surface area contributed by atoms with Crippen molar-refractivity contribution in [3.8, 4) is 11.3 Å². The Kier molecular flexibility index (Phi) is 5.03. The first kappa shape index (κ1) is 18.1. The summed E-state index contributed by atoms with van der Waals surface area (Å²) in [5.41, 5.74) is 3.19. The first-order chi connectivity index (χ1) is 13.6. The number of benzene rings is 1. The van der Waals surface area contributed by atoms with Gasteiger partial charge in [-0.2, -0.15) is 5.10 Å². The minimum Gasteiger partial charge on any atom is -0.389 e. The highest BCUT2D eigenvalue weighted by molar-refractivity contribution is 5.93. The average molecular weight is 378 g/mol. The summed E-state index contributed by atoms with van der Waals surface area (Å²) in [4.78, 5) is 22.9. The van der Waals surface area contributed by atoms with Crippen molar-refractivity contribution in [1.82, 2.24) is 25.5 Å². The third kappa shape index (κ3) is 3.86. The summed E-state index contributed by atoms with van der Waals surface area (Å²) in [6.45, 7) is 3.09. The van der Waals surface area contributed by atoms with Crippen molar-refractivity contribution >= 4 is 11.7 Å². The molecule has 3 heterocycles. The Bertz CT molecular complexity index is 941. The Morgan fingerprint density at radius 3 is 2.82 bits per heavy atom. The molecule has 144 valence electrons. The van der Waals surface area contributed by atoms with E-state index in [4.69, 9.17) is 0 Å². The van der Waals surface area contributed by atoms with Crippen molar-refractivity contribution in [3.05, 3.63) is 60.2 Å². The fourth-order valence-corrected chi connectivity index (χ4v) is 3.32. The SMILES string of the molecule is Cc1ccc(-c2cc(C(=O)N[C@@H]3CCN(c4cnccn4)C[C@H]3O)[nH]n2)cc1. The lowest BCUT2D eigenvalue weighted by atomic mass is 10.0. The number of carbonyl (C=O) groups is 1. The molecule has 8 heteroatoms. The number of H-pyrrole nitrogens is 1. The summed E-state index contributed by atoms with van der Waals surface area (Å²) in [5.74, 6) is 0.450. The Morgan fingerprint density at radius 1 is 1.29 bits per heavy atom. The van der Waals surface area contributed by atoms with Gasteiger partial charge in [0, 0.05) is 31.0 Å². The predicted octanol–water partition coefficient (Wildman–Crippen LogP) is 1.54. The number of aliphatic hydroxyl groups excluding tert-OH is 1. The Morgan fingerprint density at radius 2 is 2.11 bits per heavy atom. The van der Waals surface area contributed by atoms with Gasteiger partial charge < -0.3 is 15.3 Å². The molecule has 4 rings (SSSR count). The number of hydrogen-bond donors (Lipinski definition) is 3. The summed E-state index contributed by atoms with van der Waals surface area (Å²) >= 11 is 0. The number of aromatic amines is 1. The lowest BCUT2D eigenvalue weighted by molar-refractivity contribution is 0.0793. The Hall–Kier alpha value is -3.26. The Balaban J connectivity index is 1.38. The molecule has 0 saturated carbocycles. The number of aliphatic hydroxyl groups is 1. The second-order valence-electron chi connectivity index (χ2n) is 6.98. The van der Waals surface area contributed by atoms with E-state index < -0.39 is 6.10 Å². The van der Waals surface area contributed by atoms with E-state index in [-0.39, 0.29) is 11.9 Å². The summed E-state index contributed by atoms with van der Waals surface area (Å²) in [5, 5.41) is 20.4. The van der Waals surface area contributed by atoms with Crippen LogP contribution in [0.2, 0.25) is 0 Å². The number of rotatable bonds is 4. The van der Waals surface area contributed by atoms with Crippen molar-refractivity contribution < 1.29 is 9.90 Å². The molecule has 2 atom stereocenters. The zero-order valence-electron chi connectivity index (χ0n) is 15.5. The molecule has 2 aromatic heterocycles. The summed E-state index contributed by atoms with van der Waals surface area (Å²) < 4.78 is 0. The van der Waals surface area contributed by atoms with Gasteiger partial charge in [-0.1, -0.05) is 29.8 Å². The maximum Gasteiger partial charge on any atom is 0.269 e. The van der Waals surface area contributed by atoms with Gasteiger partial charge in [0.05, 0.1) is 24.0 Å². The van der Waals surface area contributed by atoms with Gasteiger partial charge in [0.1, 0.15) is 11.5 Å². The van der Waals surface area contributed by atoms with Gasteiger partial charge in [-0.25, -0.2) is 4.98 Å². The van der Waals surface area contributed by atoms with Crippen molar-refractivity contribution in [2.24, 2.45) is 0 Å². The van der Waals surface area contributed by atoms with E-state index in [0.717, 1.165) is 11.4 Å². The molecule has 28 heavy (non-hydrogen) atoms. The van der Waals surface area contributed by atoms with Crippen LogP contribution in [0.25, 0.3) is 11.3 Å². The molecule has 0 aliphatic carbocycles. The summed E-state index contributed by atoms with van der Waals surface area (Å²) in [7, 11) is 0. The summed E-state index contributed by atoms with van der Waals surface area (Å²) in [6, 6.07) is 9.35. The summed E-state index contributed by atoms with van der Waals surface area (Å²) in [6.07, 6.45) is 4.83. The van der Waals surface area contributed by atoms with Crippen LogP contribution in [0.1, 0.15) is 22.5 Å². The number of β-amino-alcohol motifs (C(OH)–C–C–N with tert-alkyl or cyclic N) is 1. The second-order valence-corrected chi connectivity index (χ2v) is 6.98. The molecule has 0 unspecified atom stereocenters. The zero-order valence-corrected chi connectivity index (χ0v) is 15.5. The van der Waals surface area contributed by atoms with Gasteiger partial charge in [0.2, 0.25) is 0 Å². The molecular formula is C20H22N6O2. The van der Waals surface area contributed by atoms with Crippen LogP contribution in [0.3, 0.4) is 0 Å². The van der Waals surface area contributed by atoms with Gasteiger partial charge in [0.15, 0.2) is 0 Å². The van der Waals surface area contributed by atoms with Crippen LogP contribution in [0, 0.1) is 6.92 Å².